The molecule has 2 aromatic rings. The zero-order valence-corrected chi connectivity index (χ0v) is 11.5. The summed E-state index contributed by atoms with van der Waals surface area (Å²) >= 11 is 0. The van der Waals surface area contributed by atoms with E-state index in [4.69, 9.17) is 11.5 Å². The average Bonchev–Trinajstić information content (AvgIpc) is 2.87. The van der Waals surface area contributed by atoms with Crippen molar-refractivity contribution in [1.29, 1.82) is 0 Å². The fourth-order valence-corrected chi connectivity index (χ4v) is 1.86. The number of hydrogen-bond acceptors (Lipinski definition) is 2. The lowest BCUT2D eigenvalue weighted by Crippen LogP contribution is -2.21. The highest BCUT2D eigenvalue weighted by Gasteiger charge is 1.98. The van der Waals surface area contributed by atoms with Crippen molar-refractivity contribution >= 4 is 12.2 Å². The van der Waals surface area contributed by atoms with Crippen LogP contribution in [0.4, 0.5) is 0 Å². The first-order valence-electron chi connectivity index (χ1n) is 6.49. The second kappa shape index (κ2) is 6.56. The molecule has 0 bridgehead atoms. The summed E-state index contributed by atoms with van der Waals surface area (Å²) < 4.78 is 2.11. The first-order chi connectivity index (χ1) is 9.65. The number of nitrogens with zero attached hydrogens (tertiary/aromatic N) is 3. The standard InChI is InChI=1S/C15H19N5/c1-12-4-6-14(7-5-12)20-10-8-13(11-20)3-2-9-18-19-15(16)17/h4-11H,2-3H2,1H3,(H4,16,17,19)/b18-9+. The molecule has 1 heterocycles. The molecule has 20 heavy (non-hydrogen) atoms. The zero-order valence-electron chi connectivity index (χ0n) is 11.5. The van der Waals surface area contributed by atoms with Gasteiger partial charge < -0.3 is 16.0 Å². The molecule has 0 saturated carbocycles. The van der Waals surface area contributed by atoms with Crippen LogP contribution in [0.2, 0.25) is 0 Å². The van der Waals surface area contributed by atoms with Crippen LogP contribution in [0.5, 0.6) is 0 Å². The van der Waals surface area contributed by atoms with Crippen LogP contribution < -0.4 is 11.5 Å². The Bertz CT molecular complexity index is 603. The lowest BCUT2D eigenvalue weighted by molar-refractivity contribution is 1.02. The van der Waals surface area contributed by atoms with Crippen molar-refractivity contribution in [1.82, 2.24) is 4.57 Å². The summed E-state index contributed by atoms with van der Waals surface area (Å²) in [5, 5.41) is 7.32. The maximum atomic E-state index is 5.17. The number of rotatable bonds is 5. The van der Waals surface area contributed by atoms with Crippen LogP contribution >= 0.6 is 0 Å². The second-order valence-corrected chi connectivity index (χ2v) is 4.62. The summed E-state index contributed by atoms with van der Waals surface area (Å²) in [6.07, 6.45) is 7.60. The average molecular weight is 269 g/mol. The first-order valence-corrected chi connectivity index (χ1v) is 6.49. The molecule has 1 aromatic heterocycles. The van der Waals surface area contributed by atoms with Crippen LogP contribution in [-0.4, -0.2) is 16.7 Å². The summed E-state index contributed by atoms with van der Waals surface area (Å²) in [7, 11) is 0. The van der Waals surface area contributed by atoms with E-state index in [0.717, 1.165) is 18.5 Å². The number of aromatic nitrogens is 1. The Morgan fingerprint density at radius 1 is 1.20 bits per heavy atom. The van der Waals surface area contributed by atoms with E-state index in [-0.39, 0.29) is 5.96 Å². The van der Waals surface area contributed by atoms with Crippen molar-refractivity contribution in [2.45, 2.75) is 19.8 Å². The van der Waals surface area contributed by atoms with E-state index in [9.17, 15) is 0 Å². The summed E-state index contributed by atoms with van der Waals surface area (Å²) in [5.41, 5.74) is 14.0. The van der Waals surface area contributed by atoms with E-state index >= 15 is 0 Å². The third-order valence-electron chi connectivity index (χ3n) is 2.90. The fourth-order valence-electron chi connectivity index (χ4n) is 1.86. The Labute approximate surface area is 118 Å². The van der Waals surface area contributed by atoms with Gasteiger partial charge in [0.05, 0.1) is 0 Å². The van der Waals surface area contributed by atoms with E-state index in [1.165, 1.54) is 11.1 Å². The lowest BCUT2D eigenvalue weighted by atomic mass is 10.2. The van der Waals surface area contributed by atoms with Crippen LogP contribution in [-0.2, 0) is 6.42 Å². The van der Waals surface area contributed by atoms with Gasteiger partial charge in [-0.05, 0) is 43.5 Å². The molecule has 5 nitrogen and oxygen atoms in total. The Balaban J connectivity index is 1.94. The van der Waals surface area contributed by atoms with Crippen molar-refractivity contribution in [3.8, 4) is 5.69 Å². The van der Waals surface area contributed by atoms with Crippen molar-refractivity contribution in [3.05, 3.63) is 53.9 Å². The Morgan fingerprint density at radius 3 is 2.65 bits per heavy atom. The molecular formula is C15H19N5. The normalized spacial score (nSPS) is 10.8. The lowest BCUT2D eigenvalue weighted by Gasteiger charge is -2.02. The molecule has 0 unspecified atom stereocenters. The monoisotopic (exact) mass is 269 g/mol. The first kappa shape index (κ1) is 13.9. The van der Waals surface area contributed by atoms with Gasteiger partial charge in [0.25, 0.3) is 0 Å². The smallest absolute Gasteiger partial charge is 0.211 e. The molecule has 0 saturated heterocycles. The Hall–Kier alpha value is -2.56. The summed E-state index contributed by atoms with van der Waals surface area (Å²) in [6.45, 7) is 2.08. The van der Waals surface area contributed by atoms with Crippen LogP contribution in [0.1, 0.15) is 17.5 Å². The largest absolute Gasteiger partial charge is 0.369 e. The van der Waals surface area contributed by atoms with Crippen molar-refractivity contribution in [2.24, 2.45) is 21.7 Å². The highest BCUT2D eigenvalue weighted by Crippen LogP contribution is 2.12. The van der Waals surface area contributed by atoms with Gasteiger partial charge in [-0.1, -0.05) is 17.7 Å². The minimum absolute atomic E-state index is 0.0215. The molecule has 0 radical (unpaired) electrons. The molecule has 2 rings (SSSR count). The van der Waals surface area contributed by atoms with E-state index in [1.807, 2.05) is 0 Å². The molecule has 0 amide bonds. The minimum atomic E-state index is -0.0215. The van der Waals surface area contributed by atoms with Gasteiger partial charge >= 0.3 is 0 Å². The summed E-state index contributed by atoms with van der Waals surface area (Å²) in [6, 6.07) is 10.5. The fraction of sp³-hybridized carbons (Fsp3) is 0.200. The molecule has 5 heteroatoms. The van der Waals surface area contributed by atoms with Crippen molar-refractivity contribution < 1.29 is 0 Å². The highest BCUT2D eigenvalue weighted by molar-refractivity contribution is 5.76. The number of guanidine groups is 1. The maximum Gasteiger partial charge on any atom is 0.211 e. The number of aryl methyl sites for hydroxylation is 2. The van der Waals surface area contributed by atoms with Crippen LogP contribution in [0, 0.1) is 6.92 Å². The van der Waals surface area contributed by atoms with Crippen LogP contribution in [0.15, 0.2) is 52.9 Å². The van der Waals surface area contributed by atoms with Gasteiger partial charge in [-0.25, -0.2) is 0 Å². The molecule has 0 atom stereocenters. The van der Waals surface area contributed by atoms with Gasteiger partial charge in [0, 0.05) is 24.3 Å². The molecule has 1 aromatic carbocycles. The molecule has 104 valence electrons. The van der Waals surface area contributed by atoms with Gasteiger partial charge in [0.15, 0.2) is 0 Å². The Kier molecular flexibility index (Phi) is 4.55. The highest BCUT2D eigenvalue weighted by atomic mass is 15.3. The quantitative estimate of drug-likeness (QED) is 0.494. The van der Waals surface area contributed by atoms with Crippen molar-refractivity contribution in [2.75, 3.05) is 0 Å². The number of benzene rings is 1. The zero-order chi connectivity index (χ0) is 14.4. The second-order valence-electron chi connectivity index (χ2n) is 4.62. The van der Waals surface area contributed by atoms with Gasteiger partial charge in [-0.2, -0.15) is 5.10 Å². The topological polar surface area (TPSA) is 81.7 Å². The van der Waals surface area contributed by atoms with E-state index in [2.05, 4.69) is 64.4 Å². The number of hydrogen-bond donors (Lipinski definition) is 2. The van der Waals surface area contributed by atoms with Gasteiger partial charge in [0.1, 0.15) is 0 Å². The third kappa shape index (κ3) is 3.98. The van der Waals surface area contributed by atoms with Crippen LogP contribution in [0.25, 0.3) is 5.69 Å². The molecule has 0 fully saturated rings. The third-order valence-corrected chi connectivity index (χ3v) is 2.90. The van der Waals surface area contributed by atoms with Gasteiger partial charge in [-0.15, -0.1) is 5.10 Å². The van der Waals surface area contributed by atoms with E-state index < -0.39 is 0 Å². The van der Waals surface area contributed by atoms with Gasteiger partial charge in [-0.3, -0.25) is 0 Å². The van der Waals surface area contributed by atoms with Crippen LogP contribution in [0.3, 0.4) is 0 Å². The van der Waals surface area contributed by atoms with Gasteiger partial charge in [0.2, 0.25) is 5.96 Å². The minimum Gasteiger partial charge on any atom is -0.369 e. The summed E-state index contributed by atoms with van der Waals surface area (Å²) in [4.78, 5) is 0. The molecule has 0 spiro atoms. The number of nitrogens with two attached hydrogens (primary N) is 2. The van der Waals surface area contributed by atoms with E-state index in [0.29, 0.717) is 0 Å². The predicted octanol–water partition coefficient (Wildman–Crippen LogP) is 1.98. The van der Waals surface area contributed by atoms with E-state index in [1.54, 1.807) is 6.21 Å². The molecular weight excluding hydrogens is 250 g/mol. The predicted molar refractivity (Wildman–Crippen MR) is 83.1 cm³/mol. The molecule has 0 aliphatic heterocycles. The Morgan fingerprint density at radius 2 is 1.95 bits per heavy atom. The van der Waals surface area contributed by atoms with Crippen molar-refractivity contribution in [3.63, 3.8) is 0 Å². The maximum absolute atomic E-state index is 5.17. The SMILES string of the molecule is Cc1ccc(-n2ccc(CC/C=N/N=C(N)N)c2)cc1. The molecule has 4 N–H and O–H groups in total. The molecule has 0 aliphatic rings. The summed E-state index contributed by atoms with van der Waals surface area (Å²) in [5.74, 6) is -0.0215. The molecule has 0 aliphatic carbocycles.